The molecule has 0 bridgehead atoms. The number of hydrogen-bond donors (Lipinski definition) is 2. The summed E-state index contributed by atoms with van der Waals surface area (Å²) in [5.41, 5.74) is 1.66. The largest absolute Gasteiger partial charge is 0.461 e. The lowest BCUT2D eigenvalue weighted by atomic mass is 9.85. The zero-order chi connectivity index (χ0) is 21.0. The van der Waals surface area contributed by atoms with Crippen molar-refractivity contribution >= 4 is 21.7 Å². The highest BCUT2D eigenvalue weighted by Gasteiger charge is 2.35. The minimum Gasteiger partial charge on any atom is -0.461 e. The first-order valence-electron chi connectivity index (χ1n) is 9.73. The van der Waals surface area contributed by atoms with Crippen molar-refractivity contribution in [2.45, 2.75) is 56.4 Å². The van der Waals surface area contributed by atoms with Gasteiger partial charge in [-0.2, -0.15) is 5.10 Å². The number of aromatic amines is 1. The molecule has 0 amide bonds. The van der Waals surface area contributed by atoms with Crippen LogP contribution in [0.2, 0.25) is 0 Å². The number of carbonyl (C=O) groups is 1. The number of rotatable bonds is 7. The molecule has 1 aromatic carbocycles. The smallest absolute Gasteiger partial charge is 0.360 e. The van der Waals surface area contributed by atoms with Crippen LogP contribution in [0.4, 0.5) is 5.69 Å². The summed E-state index contributed by atoms with van der Waals surface area (Å²) in [5.74, 6) is -0.813. The van der Waals surface area contributed by atoms with Gasteiger partial charge in [0, 0.05) is 18.7 Å². The molecule has 1 heterocycles. The van der Waals surface area contributed by atoms with Crippen molar-refractivity contribution in [3.8, 4) is 0 Å². The standard InChI is InChI=1S/C20H27N3O5S/c1-4-28-20(24)18-19(29(25,26)23-15-9-5-13(2)6-10-15)17(21-22-18)14-7-11-16(27-3)12-8-14/h5-6,9-10,14,16,23H,4,7-8,11-12H2,1-3H3,(H,21,22). The van der Waals surface area contributed by atoms with Crippen molar-refractivity contribution in [1.29, 1.82) is 0 Å². The Balaban J connectivity index is 1.98. The summed E-state index contributed by atoms with van der Waals surface area (Å²) in [6.07, 6.45) is 3.30. The predicted molar refractivity (Wildman–Crippen MR) is 109 cm³/mol. The number of sulfonamides is 1. The maximum atomic E-state index is 13.3. The molecule has 158 valence electrons. The van der Waals surface area contributed by atoms with Crippen LogP contribution in [0.15, 0.2) is 29.2 Å². The summed E-state index contributed by atoms with van der Waals surface area (Å²) in [6.45, 7) is 3.71. The number of nitrogens with one attached hydrogen (secondary N) is 2. The van der Waals surface area contributed by atoms with Gasteiger partial charge in [0.1, 0.15) is 4.90 Å². The number of anilines is 1. The average molecular weight is 422 g/mol. The molecule has 2 aromatic rings. The second kappa shape index (κ2) is 8.96. The second-order valence-electron chi connectivity index (χ2n) is 7.22. The number of hydrogen-bond acceptors (Lipinski definition) is 6. The minimum absolute atomic E-state index is 0.0540. The normalized spacial score (nSPS) is 19.7. The third-order valence-corrected chi connectivity index (χ3v) is 6.66. The number of aryl methyl sites for hydroxylation is 1. The van der Waals surface area contributed by atoms with Gasteiger partial charge in [-0.1, -0.05) is 17.7 Å². The first-order chi connectivity index (χ1) is 13.9. The van der Waals surface area contributed by atoms with Gasteiger partial charge in [0.2, 0.25) is 0 Å². The van der Waals surface area contributed by atoms with Gasteiger partial charge in [0.15, 0.2) is 5.69 Å². The molecule has 1 aliphatic rings. The molecule has 29 heavy (non-hydrogen) atoms. The molecule has 0 aliphatic heterocycles. The van der Waals surface area contributed by atoms with Gasteiger partial charge in [-0.3, -0.25) is 9.82 Å². The van der Waals surface area contributed by atoms with E-state index < -0.39 is 16.0 Å². The Morgan fingerprint density at radius 1 is 1.21 bits per heavy atom. The molecule has 9 heteroatoms. The van der Waals surface area contributed by atoms with Crippen molar-refractivity contribution in [2.75, 3.05) is 18.4 Å². The van der Waals surface area contributed by atoms with Crippen molar-refractivity contribution in [1.82, 2.24) is 10.2 Å². The monoisotopic (exact) mass is 421 g/mol. The summed E-state index contributed by atoms with van der Waals surface area (Å²) in [6, 6.07) is 6.99. The maximum absolute atomic E-state index is 13.3. The van der Waals surface area contributed by atoms with Gasteiger partial charge in [-0.05, 0) is 51.7 Å². The van der Waals surface area contributed by atoms with Gasteiger partial charge in [0.25, 0.3) is 10.0 Å². The molecule has 3 rings (SSSR count). The Morgan fingerprint density at radius 2 is 1.86 bits per heavy atom. The van der Waals surface area contributed by atoms with Crippen LogP contribution in [0.25, 0.3) is 0 Å². The van der Waals surface area contributed by atoms with Crippen molar-refractivity contribution in [2.24, 2.45) is 0 Å². The van der Waals surface area contributed by atoms with E-state index in [4.69, 9.17) is 9.47 Å². The Hall–Kier alpha value is -2.39. The molecule has 0 unspecified atom stereocenters. The zero-order valence-electron chi connectivity index (χ0n) is 16.9. The number of methoxy groups -OCH3 is 1. The zero-order valence-corrected chi connectivity index (χ0v) is 17.7. The number of esters is 1. The van der Waals surface area contributed by atoms with E-state index in [0.717, 1.165) is 31.2 Å². The maximum Gasteiger partial charge on any atom is 0.360 e. The van der Waals surface area contributed by atoms with Crippen LogP contribution in [-0.2, 0) is 19.5 Å². The third-order valence-electron chi connectivity index (χ3n) is 5.20. The summed E-state index contributed by atoms with van der Waals surface area (Å²) in [7, 11) is -2.37. The lowest BCUT2D eigenvalue weighted by Crippen LogP contribution is -2.23. The van der Waals surface area contributed by atoms with Gasteiger partial charge in [-0.15, -0.1) is 0 Å². The van der Waals surface area contributed by atoms with Gasteiger partial charge >= 0.3 is 5.97 Å². The molecule has 0 spiro atoms. The molecule has 8 nitrogen and oxygen atoms in total. The van der Waals surface area contributed by atoms with Crippen LogP contribution in [0.3, 0.4) is 0 Å². The highest BCUT2D eigenvalue weighted by molar-refractivity contribution is 7.92. The Labute approximate surface area is 171 Å². The molecule has 2 N–H and O–H groups in total. The van der Waals surface area contributed by atoms with E-state index in [1.165, 1.54) is 0 Å². The number of carbonyl (C=O) groups excluding carboxylic acids is 1. The van der Waals surface area contributed by atoms with E-state index in [-0.39, 0.29) is 29.2 Å². The molecule has 0 atom stereocenters. The number of benzene rings is 1. The summed E-state index contributed by atoms with van der Waals surface area (Å²) >= 11 is 0. The quantitative estimate of drug-likeness (QED) is 0.663. The molecule has 0 saturated heterocycles. The third kappa shape index (κ3) is 4.79. The van der Waals surface area contributed by atoms with Crippen LogP contribution in [0, 0.1) is 6.92 Å². The van der Waals surface area contributed by atoms with Gasteiger partial charge in [-0.25, -0.2) is 13.2 Å². The highest BCUT2D eigenvalue weighted by atomic mass is 32.2. The average Bonchev–Trinajstić information content (AvgIpc) is 3.16. The Kier molecular flexibility index (Phi) is 6.59. The van der Waals surface area contributed by atoms with E-state index in [2.05, 4.69) is 14.9 Å². The fourth-order valence-electron chi connectivity index (χ4n) is 3.65. The highest BCUT2D eigenvalue weighted by Crippen LogP contribution is 2.37. The molecular weight excluding hydrogens is 394 g/mol. The van der Waals surface area contributed by atoms with Crippen LogP contribution in [0.1, 0.15) is 60.3 Å². The number of H-pyrrole nitrogens is 1. The number of aromatic nitrogens is 2. The number of nitrogens with zero attached hydrogens (tertiary/aromatic N) is 1. The molecule has 1 fully saturated rings. The lowest BCUT2D eigenvalue weighted by molar-refractivity contribution is 0.0514. The fraction of sp³-hybridized carbons (Fsp3) is 0.500. The first kappa shape index (κ1) is 21.3. The summed E-state index contributed by atoms with van der Waals surface area (Å²) < 4.78 is 39.5. The van der Waals surface area contributed by atoms with Gasteiger partial charge < -0.3 is 9.47 Å². The van der Waals surface area contributed by atoms with Crippen LogP contribution >= 0.6 is 0 Å². The summed E-state index contributed by atoms with van der Waals surface area (Å²) in [5, 5.41) is 6.83. The topological polar surface area (TPSA) is 110 Å². The molecule has 1 saturated carbocycles. The SMILES string of the molecule is CCOC(=O)c1n[nH]c(C2CCC(OC)CC2)c1S(=O)(=O)Nc1ccc(C)cc1. The van der Waals surface area contributed by atoms with E-state index in [1.807, 2.05) is 19.1 Å². The van der Waals surface area contributed by atoms with Gasteiger partial charge in [0.05, 0.1) is 18.4 Å². The predicted octanol–water partition coefficient (Wildman–Crippen LogP) is 3.37. The lowest BCUT2D eigenvalue weighted by Gasteiger charge is -2.27. The fourth-order valence-corrected chi connectivity index (χ4v) is 5.08. The molecular formula is C20H27N3O5S. The van der Waals surface area contributed by atoms with E-state index in [1.54, 1.807) is 26.2 Å². The summed E-state index contributed by atoms with van der Waals surface area (Å²) in [4.78, 5) is 12.3. The van der Waals surface area contributed by atoms with Crippen LogP contribution in [0.5, 0.6) is 0 Å². The second-order valence-corrected chi connectivity index (χ2v) is 8.84. The van der Waals surface area contributed by atoms with E-state index in [0.29, 0.717) is 11.4 Å². The van der Waals surface area contributed by atoms with Crippen molar-refractivity contribution < 1.29 is 22.7 Å². The van der Waals surface area contributed by atoms with E-state index >= 15 is 0 Å². The van der Waals surface area contributed by atoms with Crippen LogP contribution in [-0.4, -0.2) is 44.4 Å². The van der Waals surface area contributed by atoms with Crippen molar-refractivity contribution in [3.63, 3.8) is 0 Å². The van der Waals surface area contributed by atoms with E-state index in [9.17, 15) is 13.2 Å². The first-order valence-corrected chi connectivity index (χ1v) is 11.2. The Morgan fingerprint density at radius 3 is 2.45 bits per heavy atom. The van der Waals surface area contributed by atoms with Crippen molar-refractivity contribution in [3.05, 3.63) is 41.2 Å². The van der Waals surface area contributed by atoms with Crippen LogP contribution < -0.4 is 4.72 Å². The Bertz CT molecular complexity index is 945. The molecule has 1 aromatic heterocycles. The molecule has 0 radical (unpaired) electrons. The number of ether oxygens (including phenoxy) is 2. The minimum atomic E-state index is -4.05. The molecule has 1 aliphatic carbocycles.